The molecule has 2 aromatic rings. The van der Waals surface area contributed by atoms with Crippen molar-refractivity contribution in [1.29, 1.82) is 0 Å². The number of nitrogens with one attached hydrogen (secondary N) is 1. The van der Waals surface area contributed by atoms with E-state index in [0.29, 0.717) is 11.5 Å². The Kier molecular flexibility index (Phi) is 3.13. The fourth-order valence-electron chi connectivity index (χ4n) is 3.13. The van der Waals surface area contributed by atoms with Crippen molar-refractivity contribution in [3.63, 3.8) is 0 Å². The maximum Gasteiger partial charge on any atom is 0.137 e. The molecule has 100 valence electrons. The number of hydrogen-bond donors (Lipinski definition) is 1. The van der Waals surface area contributed by atoms with E-state index in [9.17, 15) is 0 Å². The average molecular weight is 255 g/mol. The highest BCUT2D eigenvalue weighted by atomic mass is 15.0. The predicted octanol–water partition coefficient (Wildman–Crippen LogP) is 4.01. The number of fused-ring (bicyclic) bond motifs is 1. The van der Waals surface area contributed by atoms with E-state index in [1.54, 1.807) is 6.33 Å². The van der Waals surface area contributed by atoms with Gasteiger partial charge < -0.3 is 5.32 Å². The first-order chi connectivity index (χ1) is 9.14. The third-order valence-corrected chi connectivity index (χ3v) is 4.09. The summed E-state index contributed by atoms with van der Waals surface area (Å²) in [6.07, 6.45) is 6.73. The van der Waals surface area contributed by atoms with Crippen molar-refractivity contribution in [3.8, 4) is 0 Å². The second kappa shape index (κ2) is 4.80. The van der Waals surface area contributed by atoms with Gasteiger partial charge in [0.1, 0.15) is 12.1 Å². The number of nitrogens with zero attached hydrogens (tertiary/aromatic N) is 2. The van der Waals surface area contributed by atoms with Crippen molar-refractivity contribution in [1.82, 2.24) is 9.97 Å². The minimum absolute atomic E-state index is 0.443. The molecule has 1 aliphatic carbocycles. The first kappa shape index (κ1) is 12.4. The van der Waals surface area contributed by atoms with E-state index in [1.807, 2.05) is 18.2 Å². The fourth-order valence-corrected chi connectivity index (χ4v) is 3.13. The van der Waals surface area contributed by atoms with Crippen molar-refractivity contribution >= 4 is 16.7 Å². The van der Waals surface area contributed by atoms with Gasteiger partial charge in [-0.25, -0.2) is 9.97 Å². The Morgan fingerprint density at radius 3 is 2.89 bits per heavy atom. The lowest BCUT2D eigenvalue weighted by Gasteiger charge is -2.35. The van der Waals surface area contributed by atoms with Crippen LogP contribution in [0.2, 0.25) is 0 Å². The molecule has 1 heterocycles. The molecule has 1 aromatic carbocycles. The molecular formula is C16H21N3. The summed E-state index contributed by atoms with van der Waals surface area (Å²) in [6.45, 7) is 4.72. The van der Waals surface area contributed by atoms with E-state index in [-0.39, 0.29) is 0 Å². The lowest BCUT2D eigenvalue weighted by Crippen LogP contribution is -2.32. The number of aromatic nitrogens is 2. The maximum absolute atomic E-state index is 4.43. The molecule has 0 radical (unpaired) electrons. The van der Waals surface area contributed by atoms with Crippen LogP contribution in [0.15, 0.2) is 30.6 Å². The Balaban J connectivity index is 1.85. The summed E-state index contributed by atoms with van der Waals surface area (Å²) < 4.78 is 0. The van der Waals surface area contributed by atoms with Gasteiger partial charge in [0.15, 0.2) is 0 Å². The van der Waals surface area contributed by atoms with Gasteiger partial charge in [0, 0.05) is 11.4 Å². The van der Waals surface area contributed by atoms with E-state index in [4.69, 9.17) is 0 Å². The van der Waals surface area contributed by atoms with Gasteiger partial charge in [-0.05, 0) is 36.8 Å². The molecular weight excluding hydrogens is 234 g/mol. The zero-order valence-electron chi connectivity index (χ0n) is 11.7. The van der Waals surface area contributed by atoms with Crippen LogP contribution in [0, 0.1) is 5.41 Å². The fraction of sp³-hybridized carbons (Fsp3) is 0.500. The van der Waals surface area contributed by atoms with Crippen LogP contribution >= 0.6 is 0 Å². The Hall–Kier alpha value is -1.64. The van der Waals surface area contributed by atoms with Crippen LogP contribution in [0.1, 0.15) is 39.5 Å². The summed E-state index contributed by atoms with van der Waals surface area (Å²) in [5.74, 6) is 0.980. The van der Waals surface area contributed by atoms with Crippen LogP contribution in [0.25, 0.3) is 10.9 Å². The first-order valence-electron chi connectivity index (χ1n) is 7.10. The van der Waals surface area contributed by atoms with Crippen LogP contribution in [0.5, 0.6) is 0 Å². The Bertz CT molecular complexity index is 572. The molecule has 1 N–H and O–H groups in total. The largest absolute Gasteiger partial charge is 0.367 e. The van der Waals surface area contributed by atoms with E-state index in [0.717, 1.165) is 16.7 Å². The molecule has 3 nitrogen and oxygen atoms in total. The van der Waals surface area contributed by atoms with Gasteiger partial charge >= 0.3 is 0 Å². The molecule has 0 bridgehead atoms. The van der Waals surface area contributed by atoms with Crippen LogP contribution < -0.4 is 5.32 Å². The molecule has 0 saturated heterocycles. The van der Waals surface area contributed by atoms with E-state index in [1.165, 1.54) is 25.7 Å². The van der Waals surface area contributed by atoms with E-state index >= 15 is 0 Å². The zero-order chi connectivity index (χ0) is 13.3. The molecule has 1 aliphatic rings. The normalized spacial score (nSPS) is 22.3. The Labute approximate surface area is 114 Å². The number of benzene rings is 1. The average Bonchev–Trinajstić information content (AvgIpc) is 2.38. The van der Waals surface area contributed by atoms with Gasteiger partial charge in [-0.3, -0.25) is 0 Å². The SMILES string of the molecule is CC1(C)CCCC(Nc2ncnc3ccccc23)C1. The lowest BCUT2D eigenvalue weighted by atomic mass is 9.75. The quantitative estimate of drug-likeness (QED) is 0.881. The van der Waals surface area contributed by atoms with Crippen LogP contribution in [0.4, 0.5) is 5.82 Å². The second-order valence-corrected chi connectivity index (χ2v) is 6.34. The molecule has 0 amide bonds. The predicted molar refractivity (Wildman–Crippen MR) is 79.2 cm³/mol. The molecule has 1 saturated carbocycles. The molecule has 1 fully saturated rings. The number of para-hydroxylation sites is 1. The molecule has 19 heavy (non-hydrogen) atoms. The summed E-state index contributed by atoms with van der Waals surface area (Å²) in [4.78, 5) is 8.74. The maximum atomic E-state index is 4.43. The Morgan fingerprint density at radius 2 is 2.05 bits per heavy atom. The zero-order valence-corrected chi connectivity index (χ0v) is 11.7. The van der Waals surface area contributed by atoms with Crippen molar-refractivity contribution in [3.05, 3.63) is 30.6 Å². The molecule has 1 atom stereocenters. The van der Waals surface area contributed by atoms with Crippen LogP contribution in [-0.2, 0) is 0 Å². The summed E-state index contributed by atoms with van der Waals surface area (Å²) in [6, 6.07) is 8.71. The van der Waals surface area contributed by atoms with Gasteiger partial charge in [-0.15, -0.1) is 0 Å². The highest BCUT2D eigenvalue weighted by Crippen LogP contribution is 2.36. The lowest BCUT2D eigenvalue weighted by molar-refractivity contribution is 0.229. The van der Waals surface area contributed by atoms with Gasteiger partial charge in [-0.2, -0.15) is 0 Å². The smallest absolute Gasteiger partial charge is 0.137 e. The molecule has 1 unspecified atom stereocenters. The van der Waals surface area contributed by atoms with Crippen LogP contribution in [0.3, 0.4) is 0 Å². The van der Waals surface area contributed by atoms with Crippen molar-refractivity contribution in [2.45, 2.75) is 45.6 Å². The van der Waals surface area contributed by atoms with Crippen LogP contribution in [-0.4, -0.2) is 16.0 Å². The monoisotopic (exact) mass is 255 g/mol. The Morgan fingerprint density at radius 1 is 1.21 bits per heavy atom. The van der Waals surface area contributed by atoms with E-state index < -0.39 is 0 Å². The number of hydrogen-bond acceptors (Lipinski definition) is 3. The van der Waals surface area contributed by atoms with E-state index in [2.05, 4.69) is 35.2 Å². The van der Waals surface area contributed by atoms with Gasteiger partial charge in [-0.1, -0.05) is 32.4 Å². The third kappa shape index (κ3) is 2.70. The molecule has 0 spiro atoms. The summed E-state index contributed by atoms with van der Waals surface area (Å²) >= 11 is 0. The highest BCUT2D eigenvalue weighted by molar-refractivity contribution is 5.88. The van der Waals surface area contributed by atoms with Crippen molar-refractivity contribution < 1.29 is 0 Å². The first-order valence-corrected chi connectivity index (χ1v) is 7.10. The van der Waals surface area contributed by atoms with Gasteiger partial charge in [0.2, 0.25) is 0 Å². The number of rotatable bonds is 2. The molecule has 3 heteroatoms. The van der Waals surface area contributed by atoms with Gasteiger partial charge in [0.25, 0.3) is 0 Å². The molecule has 0 aliphatic heterocycles. The van der Waals surface area contributed by atoms with Crippen molar-refractivity contribution in [2.75, 3.05) is 5.32 Å². The topological polar surface area (TPSA) is 37.8 Å². The third-order valence-electron chi connectivity index (χ3n) is 4.09. The molecule has 1 aromatic heterocycles. The number of anilines is 1. The van der Waals surface area contributed by atoms with Gasteiger partial charge in [0.05, 0.1) is 5.52 Å². The second-order valence-electron chi connectivity index (χ2n) is 6.34. The highest BCUT2D eigenvalue weighted by Gasteiger charge is 2.28. The summed E-state index contributed by atoms with van der Waals surface area (Å²) in [5.41, 5.74) is 1.45. The summed E-state index contributed by atoms with van der Waals surface area (Å²) in [7, 11) is 0. The molecule has 3 rings (SSSR count). The minimum Gasteiger partial charge on any atom is -0.367 e. The van der Waals surface area contributed by atoms with Crippen molar-refractivity contribution in [2.24, 2.45) is 5.41 Å². The standard InChI is InChI=1S/C16H21N3/c1-16(2)9-5-6-12(10-16)19-15-13-7-3-4-8-14(13)17-11-18-15/h3-4,7-8,11-12H,5-6,9-10H2,1-2H3,(H,17,18,19). The minimum atomic E-state index is 0.443. The summed E-state index contributed by atoms with van der Waals surface area (Å²) in [5, 5.41) is 4.75.